The van der Waals surface area contributed by atoms with E-state index < -0.39 is 8.32 Å². The molecule has 1 rings (SSSR count). The van der Waals surface area contributed by atoms with Gasteiger partial charge in [-0.15, -0.1) is 0 Å². The van der Waals surface area contributed by atoms with Gasteiger partial charge in [-0.05, 0) is 43.0 Å². The fourth-order valence-electron chi connectivity index (χ4n) is 1.91. The van der Waals surface area contributed by atoms with Crippen LogP contribution in [0.15, 0.2) is 30.3 Å². The molecule has 24 heavy (non-hydrogen) atoms. The maximum atomic E-state index is 11.6. The molecule has 0 aromatic heterocycles. The van der Waals surface area contributed by atoms with Crippen molar-refractivity contribution in [2.45, 2.75) is 64.8 Å². The van der Waals surface area contributed by atoms with Crippen LogP contribution in [-0.2, 0) is 15.8 Å². The average Bonchev–Trinajstić information content (AvgIpc) is 2.52. The molecule has 1 aromatic rings. The topological polar surface area (TPSA) is 47.6 Å². The SMILES string of the molecule is CC(C)(C)[Si](C)(C)OCCCCCNC(=O)OCc1ccccc1. The van der Waals surface area contributed by atoms with E-state index in [2.05, 4.69) is 39.2 Å². The third-order valence-corrected chi connectivity index (χ3v) is 9.11. The Morgan fingerprint density at radius 1 is 1.08 bits per heavy atom. The molecule has 1 amide bonds. The number of rotatable bonds is 9. The van der Waals surface area contributed by atoms with Crippen LogP contribution in [0.5, 0.6) is 0 Å². The van der Waals surface area contributed by atoms with Gasteiger partial charge in [-0.1, -0.05) is 51.1 Å². The number of ether oxygens (including phenoxy) is 1. The minimum absolute atomic E-state index is 0.261. The van der Waals surface area contributed by atoms with Crippen LogP contribution in [0, 0.1) is 0 Å². The normalized spacial score (nSPS) is 12.0. The molecule has 0 heterocycles. The molecule has 0 aliphatic carbocycles. The van der Waals surface area contributed by atoms with Crippen LogP contribution < -0.4 is 5.32 Å². The molecule has 0 atom stereocenters. The zero-order valence-corrected chi connectivity index (χ0v) is 16.9. The third-order valence-electron chi connectivity index (χ3n) is 4.57. The van der Waals surface area contributed by atoms with Gasteiger partial charge in [0.05, 0.1) is 0 Å². The van der Waals surface area contributed by atoms with Gasteiger partial charge in [0.25, 0.3) is 0 Å². The summed E-state index contributed by atoms with van der Waals surface area (Å²) < 4.78 is 11.3. The van der Waals surface area contributed by atoms with Crippen LogP contribution in [0.4, 0.5) is 4.79 Å². The smallest absolute Gasteiger partial charge is 0.407 e. The standard InChI is InChI=1S/C19H33NO3Si/c1-19(2,3)24(4,5)23-15-11-7-10-14-20-18(21)22-16-17-12-8-6-9-13-17/h6,8-9,12-13H,7,10-11,14-16H2,1-5H3,(H,20,21). The van der Waals surface area contributed by atoms with Gasteiger partial charge >= 0.3 is 6.09 Å². The van der Waals surface area contributed by atoms with E-state index in [1.165, 1.54) is 0 Å². The summed E-state index contributed by atoms with van der Waals surface area (Å²) in [7, 11) is -1.62. The lowest BCUT2D eigenvalue weighted by molar-refractivity contribution is 0.139. The van der Waals surface area contributed by atoms with Crippen molar-refractivity contribution >= 4 is 14.4 Å². The van der Waals surface area contributed by atoms with Crippen LogP contribution >= 0.6 is 0 Å². The van der Waals surface area contributed by atoms with Gasteiger partial charge in [-0.3, -0.25) is 0 Å². The lowest BCUT2D eigenvalue weighted by atomic mass is 10.2. The minimum atomic E-state index is -1.62. The lowest BCUT2D eigenvalue weighted by Crippen LogP contribution is -2.40. The molecule has 0 aliphatic heterocycles. The van der Waals surface area contributed by atoms with Crippen molar-refractivity contribution in [3.05, 3.63) is 35.9 Å². The van der Waals surface area contributed by atoms with Gasteiger partial charge in [-0.2, -0.15) is 0 Å². The molecule has 4 nitrogen and oxygen atoms in total. The van der Waals surface area contributed by atoms with Gasteiger partial charge in [0.2, 0.25) is 0 Å². The summed E-state index contributed by atoms with van der Waals surface area (Å²) in [5.74, 6) is 0. The van der Waals surface area contributed by atoms with Crippen molar-refractivity contribution < 1.29 is 14.0 Å². The molecule has 0 fully saturated rings. The number of alkyl carbamates (subject to hydrolysis) is 1. The van der Waals surface area contributed by atoms with Gasteiger partial charge in [-0.25, -0.2) is 4.79 Å². The molecule has 0 spiro atoms. The zero-order chi connectivity index (χ0) is 18.1. The maximum Gasteiger partial charge on any atom is 0.407 e. The van der Waals surface area contributed by atoms with Crippen molar-refractivity contribution in [2.75, 3.05) is 13.2 Å². The fraction of sp³-hybridized carbons (Fsp3) is 0.632. The maximum absolute atomic E-state index is 11.6. The Morgan fingerprint density at radius 2 is 1.75 bits per heavy atom. The first-order valence-corrected chi connectivity index (χ1v) is 11.7. The van der Waals surface area contributed by atoms with Gasteiger partial charge in [0.1, 0.15) is 6.61 Å². The lowest BCUT2D eigenvalue weighted by Gasteiger charge is -2.36. The van der Waals surface area contributed by atoms with Gasteiger partial charge in [0, 0.05) is 13.2 Å². The van der Waals surface area contributed by atoms with Crippen LogP contribution in [0.1, 0.15) is 45.6 Å². The number of hydrogen-bond donors (Lipinski definition) is 1. The summed E-state index contributed by atoms with van der Waals surface area (Å²) in [4.78, 5) is 11.6. The first-order chi connectivity index (χ1) is 11.2. The molecule has 0 aliphatic rings. The van der Waals surface area contributed by atoms with E-state index >= 15 is 0 Å². The minimum Gasteiger partial charge on any atom is -0.445 e. The number of amides is 1. The molecule has 1 aromatic carbocycles. The van der Waals surface area contributed by atoms with E-state index in [9.17, 15) is 4.79 Å². The van der Waals surface area contributed by atoms with Crippen molar-refractivity contribution in [3.63, 3.8) is 0 Å². The highest BCUT2D eigenvalue weighted by molar-refractivity contribution is 6.74. The van der Waals surface area contributed by atoms with E-state index in [-0.39, 0.29) is 11.1 Å². The second kappa shape index (κ2) is 9.84. The molecular formula is C19H33NO3Si. The molecule has 0 saturated heterocycles. The van der Waals surface area contributed by atoms with E-state index in [0.717, 1.165) is 31.4 Å². The summed E-state index contributed by atoms with van der Waals surface area (Å²) in [6, 6.07) is 9.69. The van der Waals surface area contributed by atoms with E-state index in [1.807, 2.05) is 30.3 Å². The van der Waals surface area contributed by atoms with E-state index in [0.29, 0.717) is 13.2 Å². The number of nitrogens with one attached hydrogen (secondary N) is 1. The molecule has 0 unspecified atom stereocenters. The number of carbonyl (C=O) groups excluding carboxylic acids is 1. The van der Waals surface area contributed by atoms with Crippen LogP contribution in [-0.4, -0.2) is 27.6 Å². The van der Waals surface area contributed by atoms with Crippen LogP contribution in [0.25, 0.3) is 0 Å². The number of unbranched alkanes of at least 4 members (excludes halogenated alkanes) is 2. The average molecular weight is 352 g/mol. The molecule has 0 bridgehead atoms. The predicted octanol–water partition coefficient (Wildman–Crippen LogP) is 5.10. The number of benzene rings is 1. The predicted molar refractivity (Wildman–Crippen MR) is 102 cm³/mol. The summed E-state index contributed by atoms with van der Waals surface area (Å²) in [5.41, 5.74) is 0.996. The van der Waals surface area contributed by atoms with Gasteiger partial charge in [0.15, 0.2) is 8.32 Å². The van der Waals surface area contributed by atoms with Crippen molar-refractivity contribution in [1.29, 1.82) is 0 Å². The Bertz CT molecular complexity index is 483. The highest BCUT2D eigenvalue weighted by atomic mass is 28.4. The van der Waals surface area contributed by atoms with Crippen LogP contribution in [0.2, 0.25) is 18.1 Å². The summed E-state index contributed by atoms with van der Waals surface area (Å²) in [6.45, 7) is 13.1. The number of carbonyl (C=O) groups is 1. The van der Waals surface area contributed by atoms with E-state index in [1.54, 1.807) is 0 Å². The molecule has 5 heteroatoms. The van der Waals surface area contributed by atoms with Gasteiger partial charge < -0.3 is 14.5 Å². The second-order valence-electron chi connectivity index (χ2n) is 7.66. The summed E-state index contributed by atoms with van der Waals surface area (Å²) in [5, 5.41) is 3.05. The van der Waals surface area contributed by atoms with Crippen molar-refractivity contribution in [3.8, 4) is 0 Å². The molecule has 0 radical (unpaired) electrons. The summed E-state index contributed by atoms with van der Waals surface area (Å²) in [6.07, 6.45) is 2.68. The highest BCUT2D eigenvalue weighted by Crippen LogP contribution is 2.36. The molecular weight excluding hydrogens is 318 g/mol. The fourth-order valence-corrected chi connectivity index (χ4v) is 3.00. The first kappa shape index (κ1) is 20.7. The molecule has 136 valence electrons. The Hall–Kier alpha value is -1.33. The van der Waals surface area contributed by atoms with Crippen molar-refractivity contribution in [1.82, 2.24) is 5.32 Å². The molecule has 0 saturated carbocycles. The third kappa shape index (κ3) is 7.97. The Labute approximate surface area is 148 Å². The Kier molecular flexibility index (Phi) is 8.49. The number of hydrogen-bond acceptors (Lipinski definition) is 3. The largest absolute Gasteiger partial charge is 0.445 e. The van der Waals surface area contributed by atoms with Crippen molar-refractivity contribution in [2.24, 2.45) is 0 Å². The second-order valence-corrected chi connectivity index (χ2v) is 12.5. The quantitative estimate of drug-likeness (QED) is 0.497. The van der Waals surface area contributed by atoms with Crippen LogP contribution in [0.3, 0.4) is 0 Å². The highest BCUT2D eigenvalue weighted by Gasteiger charge is 2.36. The Balaban J connectivity index is 2.03. The zero-order valence-electron chi connectivity index (χ0n) is 15.9. The summed E-state index contributed by atoms with van der Waals surface area (Å²) >= 11 is 0. The Morgan fingerprint density at radius 3 is 2.38 bits per heavy atom. The monoisotopic (exact) mass is 351 g/mol. The van der Waals surface area contributed by atoms with E-state index in [4.69, 9.17) is 9.16 Å². The first-order valence-electron chi connectivity index (χ1n) is 8.81. The molecule has 1 N–H and O–H groups in total.